The first-order valence-electron chi connectivity index (χ1n) is 5.37. The fraction of sp³-hybridized carbons (Fsp3) is 0.300. The van der Waals surface area contributed by atoms with E-state index in [2.05, 4.69) is 20.6 Å². The Hall–Kier alpha value is -2.19. The molecule has 0 aliphatic heterocycles. The van der Waals surface area contributed by atoms with Crippen molar-refractivity contribution >= 4 is 5.69 Å². The normalized spacial score (nSPS) is 10.7. The molecule has 9 heteroatoms. The second-order valence-electron chi connectivity index (χ2n) is 3.64. The van der Waals surface area contributed by atoms with Crippen molar-refractivity contribution in [1.29, 1.82) is 0 Å². The van der Waals surface area contributed by atoms with Crippen LogP contribution in [-0.2, 0) is 6.54 Å². The lowest BCUT2D eigenvalue weighted by Crippen LogP contribution is -2.12. The first-order valence-corrected chi connectivity index (χ1v) is 5.37. The molecule has 2 aromatic rings. The van der Waals surface area contributed by atoms with Gasteiger partial charge < -0.3 is 5.32 Å². The highest BCUT2D eigenvalue weighted by Crippen LogP contribution is 2.21. The van der Waals surface area contributed by atoms with Crippen LogP contribution in [-0.4, -0.2) is 26.5 Å². The van der Waals surface area contributed by atoms with Crippen molar-refractivity contribution in [3.8, 4) is 0 Å². The summed E-state index contributed by atoms with van der Waals surface area (Å²) in [6, 6.07) is 0. The minimum atomic E-state index is -1.68. The lowest BCUT2D eigenvalue weighted by molar-refractivity contribution is 0.410. The Morgan fingerprint density at radius 2 is 1.79 bits per heavy atom. The number of pyridine rings is 1. The van der Waals surface area contributed by atoms with Gasteiger partial charge in [0.1, 0.15) is 5.69 Å². The summed E-state index contributed by atoms with van der Waals surface area (Å²) in [4.78, 5) is 2.46. The zero-order chi connectivity index (χ0) is 13.8. The quantitative estimate of drug-likeness (QED) is 0.513. The van der Waals surface area contributed by atoms with E-state index in [1.54, 1.807) is 6.20 Å². The summed E-state index contributed by atoms with van der Waals surface area (Å²) < 4.78 is 53.5. The second kappa shape index (κ2) is 5.63. The molecule has 0 saturated carbocycles. The Morgan fingerprint density at radius 3 is 2.37 bits per heavy atom. The predicted molar refractivity (Wildman–Crippen MR) is 57.2 cm³/mol. The molecule has 2 aromatic heterocycles. The van der Waals surface area contributed by atoms with E-state index in [9.17, 15) is 17.6 Å². The molecule has 0 aliphatic rings. The zero-order valence-corrected chi connectivity index (χ0v) is 9.58. The molecule has 2 rings (SSSR count). The lowest BCUT2D eigenvalue weighted by Gasteiger charge is -2.09. The van der Waals surface area contributed by atoms with E-state index in [4.69, 9.17) is 0 Å². The highest BCUT2D eigenvalue weighted by Gasteiger charge is 2.20. The monoisotopic (exact) mass is 275 g/mol. The van der Waals surface area contributed by atoms with Crippen molar-refractivity contribution in [2.24, 2.45) is 0 Å². The number of hydrogen-bond acceptors (Lipinski definition) is 4. The highest BCUT2D eigenvalue weighted by atomic mass is 19.2. The summed E-state index contributed by atoms with van der Waals surface area (Å²) in [5.41, 5.74) is -0.858. The van der Waals surface area contributed by atoms with Gasteiger partial charge in [-0.1, -0.05) is 5.21 Å². The molecule has 102 valence electrons. The van der Waals surface area contributed by atoms with E-state index >= 15 is 0 Å². The van der Waals surface area contributed by atoms with Crippen LogP contribution in [0, 0.1) is 23.5 Å². The Bertz CT molecular complexity index is 531. The molecule has 0 spiro atoms. The minimum Gasteiger partial charge on any atom is -0.380 e. The summed E-state index contributed by atoms with van der Waals surface area (Å²) in [6.07, 6.45) is 3.54. The van der Waals surface area contributed by atoms with Crippen molar-refractivity contribution in [2.75, 3.05) is 11.9 Å². The van der Waals surface area contributed by atoms with Crippen LogP contribution in [0.4, 0.5) is 23.2 Å². The first-order chi connectivity index (χ1) is 9.09. The van der Waals surface area contributed by atoms with Crippen LogP contribution in [0.5, 0.6) is 0 Å². The average molecular weight is 275 g/mol. The Labute approximate surface area is 105 Å². The molecule has 0 radical (unpaired) electrons. The standard InChI is InChI=1S/C10H9F4N5/c11-6-8(7(12)10(14)17-9(6)13)15-2-1-4-19-5-3-16-18-19/h3,5H,1-2,4H2,(H,15,17). The number of aryl methyl sites for hydroxylation is 1. The fourth-order valence-corrected chi connectivity index (χ4v) is 1.45. The van der Waals surface area contributed by atoms with Crippen LogP contribution in [0.3, 0.4) is 0 Å². The van der Waals surface area contributed by atoms with E-state index in [1.165, 1.54) is 10.9 Å². The summed E-state index contributed by atoms with van der Waals surface area (Å²) in [6.45, 7) is 0.558. The first kappa shape index (κ1) is 13.2. The van der Waals surface area contributed by atoms with Crippen LogP contribution in [0.2, 0.25) is 0 Å². The molecule has 2 heterocycles. The van der Waals surface area contributed by atoms with Gasteiger partial charge in [0.25, 0.3) is 11.9 Å². The maximum absolute atomic E-state index is 13.2. The Morgan fingerprint density at radius 1 is 1.11 bits per heavy atom. The molecule has 0 saturated heterocycles. The van der Waals surface area contributed by atoms with E-state index in [0.29, 0.717) is 13.0 Å². The highest BCUT2D eigenvalue weighted by molar-refractivity contribution is 5.45. The zero-order valence-electron chi connectivity index (χ0n) is 9.58. The van der Waals surface area contributed by atoms with E-state index < -0.39 is 29.2 Å². The molecular weight excluding hydrogens is 266 g/mol. The molecule has 19 heavy (non-hydrogen) atoms. The van der Waals surface area contributed by atoms with E-state index in [1.807, 2.05) is 0 Å². The smallest absolute Gasteiger partial charge is 0.253 e. The van der Waals surface area contributed by atoms with Gasteiger partial charge in [0.05, 0.1) is 6.20 Å². The molecule has 1 N–H and O–H groups in total. The van der Waals surface area contributed by atoms with Crippen LogP contribution >= 0.6 is 0 Å². The number of aromatic nitrogens is 4. The summed E-state index contributed by atoms with van der Waals surface area (Å²) in [5.74, 6) is -6.45. The molecule has 0 aromatic carbocycles. The van der Waals surface area contributed by atoms with E-state index in [-0.39, 0.29) is 6.54 Å². The molecule has 0 atom stereocenters. The van der Waals surface area contributed by atoms with Crippen LogP contribution in [0.15, 0.2) is 12.4 Å². The van der Waals surface area contributed by atoms with Gasteiger partial charge in [-0.05, 0) is 6.42 Å². The summed E-state index contributed by atoms with van der Waals surface area (Å²) >= 11 is 0. The third-order valence-electron chi connectivity index (χ3n) is 2.34. The summed E-state index contributed by atoms with van der Waals surface area (Å²) in [5, 5.41) is 9.55. The molecule has 0 amide bonds. The van der Waals surface area contributed by atoms with Crippen LogP contribution in [0.25, 0.3) is 0 Å². The Kier molecular flexibility index (Phi) is 3.93. The molecule has 0 unspecified atom stereocenters. The van der Waals surface area contributed by atoms with Gasteiger partial charge >= 0.3 is 0 Å². The number of nitrogens with zero attached hydrogens (tertiary/aromatic N) is 4. The molecule has 0 aliphatic carbocycles. The molecule has 5 nitrogen and oxygen atoms in total. The molecule has 0 fully saturated rings. The number of halogens is 4. The van der Waals surface area contributed by atoms with Crippen molar-refractivity contribution in [3.63, 3.8) is 0 Å². The fourth-order valence-electron chi connectivity index (χ4n) is 1.45. The van der Waals surface area contributed by atoms with Gasteiger partial charge in [-0.25, -0.2) is 0 Å². The van der Waals surface area contributed by atoms with Gasteiger partial charge in [0.2, 0.25) is 11.6 Å². The topological polar surface area (TPSA) is 55.6 Å². The van der Waals surface area contributed by atoms with Crippen molar-refractivity contribution < 1.29 is 17.6 Å². The third-order valence-corrected chi connectivity index (χ3v) is 2.34. The lowest BCUT2D eigenvalue weighted by atomic mass is 10.3. The van der Waals surface area contributed by atoms with Crippen molar-refractivity contribution in [1.82, 2.24) is 20.0 Å². The number of nitrogens with one attached hydrogen (secondary N) is 1. The minimum absolute atomic E-state index is 0.108. The predicted octanol–water partition coefficient (Wildman–Crippen LogP) is 1.73. The molecule has 0 bridgehead atoms. The van der Waals surface area contributed by atoms with Gasteiger partial charge in [-0.15, -0.1) is 5.10 Å². The van der Waals surface area contributed by atoms with Gasteiger partial charge in [-0.2, -0.15) is 22.5 Å². The average Bonchev–Trinajstić information content (AvgIpc) is 2.89. The van der Waals surface area contributed by atoms with Crippen molar-refractivity contribution in [3.05, 3.63) is 35.9 Å². The maximum atomic E-state index is 13.2. The van der Waals surface area contributed by atoms with Gasteiger partial charge in [0.15, 0.2) is 0 Å². The van der Waals surface area contributed by atoms with Crippen LogP contribution < -0.4 is 5.32 Å². The Balaban J connectivity index is 1.96. The maximum Gasteiger partial charge on any atom is 0.253 e. The van der Waals surface area contributed by atoms with Crippen LogP contribution in [0.1, 0.15) is 6.42 Å². The largest absolute Gasteiger partial charge is 0.380 e. The van der Waals surface area contributed by atoms with Gasteiger partial charge in [0, 0.05) is 19.3 Å². The second-order valence-corrected chi connectivity index (χ2v) is 3.64. The number of rotatable bonds is 5. The van der Waals surface area contributed by atoms with Crippen molar-refractivity contribution in [2.45, 2.75) is 13.0 Å². The van der Waals surface area contributed by atoms with E-state index in [0.717, 1.165) is 0 Å². The third kappa shape index (κ3) is 2.98. The number of hydrogen-bond donors (Lipinski definition) is 1. The van der Waals surface area contributed by atoms with Gasteiger partial charge in [-0.3, -0.25) is 4.68 Å². The molecular formula is C10H9F4N5. The number of anilines is 1. The SMILES string of the molecule is Fc1nc(F)c(F)c(NCCCn2ccnn2)c1F. The summed E-state index contributed by atoms with van der Waals surface area (Å²) in [7, 11) is 0.